The quantitative estimate of drug-likeness (QED) is 0.592. The van der Waals surface area contributed by atoms with Crippen LogP contribution in [0.3, 0.4) is 0 Å². The molecule has 0 unspecified atom stereocenters. The normalized spacial score (nSPS) is 10.9. The Kier molecular flexibility index (Phi) is 6.25. The second-order valence-corrected chi connectivity index (χ2v) is 18.5. The molecule has 2 rings (SSSR count). The first-order chi connectivity index (χ1) is 10.0. The molecule has 0 spiro atoms. The molecule has 0 aromatic heterocycles. The molecule has 0 radical (unpaired) electrons. The van der Waals surface area contributed by atoms with Gasteiger partial charge in [-0.05, 0) is 0 Å². The molecule has 0 heterocycles. The molecule has 0 N–H and O–H groups in total. The molecule has 2 aromatic rings. The van der Waals surface area contributed by atoms with E-state index in [9.17, 15) is 0 Å². The summed E-state index contributed by atoms with van der Waals surface area (Å²) in [6.45, 7) is 8.32. The van der Waals surface area contributed by atoms with Crippen molar-refractivity contribution in [1.29, 1.82) is 0 Å². The van der Waals surface area contributed by atoms with Crippen molar-refractivity contribution in [2.75, 3.05) is 0 Å². The Morgan fingerprint density at radius 1 is 0.762 bits per heavy atom. The van der Waals surface area contributed by atoms with E-state index >= 15 is 0 Å². The van der Waals surface area contributed by atoms with Gasteiger partial charge in [0.2, 0.25) is 0 Å². The predicted molar refractivity (Wildman–Crippen MR) is 91.3 cm³/mol. The van der Waals surface area contributed by atoms with Gasteiger partial charge in [-0.25, -0.2) is 0 Å². The van der Waals surface area contributed by atoms with Crippen LogP contribution in [0.15, 0.2) is 36.4 Å². The fourth-order valence-corrected chi connectivity index (χ4v) is 9.04. The van der Waals surface area contributed by atoms with Gasteiger partial charge in [-0.3, -0.25) is 0 Å². The van der Waals surface area contributed by atoms with Crippen LogP contribution < -0.4 is 6.15 Å². The molecule has 21 heavy (non-hydrogen) atoms. The van der Waals surface area contributed by atoms with Crippen LogP contribution >= 0.6 is 0 Å². The Morgan fingerprint density at radius 3 is 1.57 bits per heavy atom. The first-order valence-corrected chi connectivity index (χ1v) is 13.4. The van der Waals surface area contributed by atoms with Gasteiger partial charge < -0.3 is 0 Å². The van der Waals surface area contributed by atoms with E-state index in [4.69, 9.17) is 7.56 Å². The molecule has 0 bridgehead atoms. The molecule has 112 valence electrons. The Hall–Kier alpha value is -0.403. The van der Waals surface area contributed by atoms with E-state index in [1.54, 1.807) is 0 Å². The zero-order chi connectivity index (χ0) is 15.4. The molecule has 0 aliphatic heterocycles. The number of rotatable bonds is 5. The zero-order valence-electron chi connectivity index (χ0n) is 13.3. The summed E-state index contributed by atoms with van der Waals surface area (Å²) in [5.74, 6) is 1.79. The Labute approximate surface area is 148 Å². The second kappa shape index (κ2) is 7.74. The van der Waals surface area contributed by atoms with Crippen molar-refractivity contribution >= 4 is 43.9 Å². The summed E-state index contributed by atoms with van der Waals surface area (Å²) in [7, 11) is 0. The van der Waals surface area contributed by atoms with Gasteiger partial charge in [0, 0.05) is 0 Å². The summed E-state index contributed by atoms with van der Waals surface area (Å²) >= 11 is -2.83. The van der Waals surface area contributed by atoms with Gasteiger partial charge >= 0.3 is 149 Å². The number of benzene rings is 2. The third-order valence-electron chi connectivity index (χ3n) is 3.75. The molecule has 0 amide bonds. The van der Waals surface area contributed by atoms with Crippen LogP contribution in [0.4, 0.5) is 0 Å². The summed E-state index contributed by atoms with van der Waals surface area (Å²) in [5.41, 5.74) is 4.78. The summed E-state index contributed by atoms with van der Waals surface area (Å²) < 4.78 is 17.9. The van der Waals surface area contributed by atoms with Crippen molar-refractivity contribution in [1.82, 2.24) is 0 Å². The Balaban J connectivity index is 2.17. The van der Waals surface area contributed by atoms with E-state index < -0.39 is 21.0 Å². The van der Waals surface area contributed by atoms with Gasteiger partial charge in [0.25, 0.3) is 0 Å². The Bertz CT molecular complexity index is 575. The first-order valence-electron chi connectivity index (χ1n) is 7.01. The molecule has 3 nitrogen and oxygen atoms in total. The molecule has 0 saturated carbocycles. The summed E-state index contributed by atoms with van der Waals surface area (Å²) in [5, 5.41) is 0. The fourth-order valence-electron chi connectivity index (χ4n) is 2.03. The molecule has 0 aliphatic carbocycles. The summed E-state index contributed by atoms with van der Waals surface area (Å²) in [6, 6.07) is 12.2. The van der Waals surface area contributed by atoms with Crippen molar-refractivity contribution in [3.63, 3.8) is 0 Å². The molecular formula is C16H22O3Sn2. The fraction of sp³-hybridized carbons (Fsp3) is 0.250. The zero-order valence-corrected chi connectivity index (χ0v) is 22.3. The van der Waals surface area contributed by atoms with Crippen LogP contribution in [0.1, 0.15) is 22.3 Å². The van der Waals surface area contributed by atoms with Crippen LogP contribution in [0, 0.1) is 27.7 Å². The van der Waals surface area contributed by atoms with E-state index in [2.05, 4.69) is 39.8 Å². The van der Waals surface area contributed by atoms with E-state index in [0.29, 0.717) is 0 Å². The third kappa shape index (κ3) is 4.29. The van der Waals surface area contributed by atoms with Gasteiger partial charge in [-0.1, -0.05) is 0 Å². The van der Waals surface area contributed by atoms with Crippen molar-refractivity contribution in [2.45, 2.75) is 27.7 Å². The monoisotopic (exact) mass is 502 g/mol. The van der Waals surface area contributed by atoms with Gasteiger partial charge in [0.05, 0.1) is 0 Å². The predicted octanol–water partition coefficient (Wildman–Crippen LogP) is 2.39. The molecule has 2 aromatic carbocycles. The number of aryl methyl sites for hydroxylation is 2. The van der Waals surface area contributed by atoms with Gasteiger partial charge in [0.15, 0.2) is 0 Å². The molecule has 0 fully saturated rings. The molecule has 0 aliphatic rings. The summed E-state index contributed by atoms with van der Waals surface area (Å²) in [6.07, 6.45) is 0. The number of hydrogen-bond donors (Lipinski definition) is 0. The third-order valence-corrected chi connectivity index (χ3v) is 14.8. The van der Waals surface area contributed by atoms with E-state index in [-0.39, 0.29) is 22.9 Å². The van der Waals surface area contributed by atoms with Gasteiger partial charge in [0.1, 0.15) is 0 Å². The average Bonchev–Trinajstić information content (AvgIpc) is 2.47. The SMILES string of the molecule is Cc1cccc([O][SnH]([O][SnH3])[O]c2cccc(C)c2C)c1C. The van der Waals surface area contributed by atoms with Gasteiger partial charge in [-0.15, -0.1) is 0 Å². The second-order valence-electron chi connectivity index (χ2n) is 5.16. The van der Waals surface area contributed by atoms with Crippen LogP contribution in [0.25, 0.3) is 0 Å². The summed E-state index contributed by atoms with van der Waals surface area (Å²) in [4.78, 5) is 0. The minimum absolute atomic E-state index is 0.0995. The topological polar surface area (TPSA) is 27.7 Å². The van der Waals surface area contributed by atoms with Crippen LogP contribution in [-0.2, 0) is 1.41 Å². The molecule has 5 heteroatoms. The van der Waals surface area contributed by atoms with Crippen molar-refractivity contribution in [3.8, 4) is 11.5 Å². The maximum absolute atomic E-state index is 6.09. The van der Waals surface area contributed by atoms with Crippen LogP contribution in [0.5, 0.6) is 11.5 Å². The van der Waals surface area contributed by atoms with Crippen LogP contribution in [0.2, 0.25) is 0 Å². The van der Waals surface area contributed by atoms with Crippen LogP contribution in [-0.4, -0.2) is 43.9 Å². The maximum atomic E-state index is 6.09. The van der Waals surface area contributed by atoms with E-state index in [0.717, 1.165) is 22.6 Å². The Morgan fingerprint density at radius 2 is 1.19 bits per heavy atom. The van der Waals surface area contributed by atoms with Gasteiger partial charge in [-0.2, -0.15) is 0 Å². The standard InChI is InChI=1S/2C8H10O.O.2Sn.4H/c2*1-6-4-3-5-8(9)7(6)2;;;;;;;/h2*3-5,9H,1-2H3;;;;;;;/q;;;;+2;;;;/p-2. The van der Waals surface area contributed by atoms with Crippen molar-refractivity contribution in [3.05, 3.63) is 58.7 Å². The first kappa shape index (κ1) is 17.0. The molecule has 0 atom stereocenters. The van der Waals surface area contributed by atoms with E-state index in [1.165, 1.54) is 11.1 Å². The molecular weight excluding hydrogens is 478 g/mol. The van der Waals surface area contributed by atoms with E-state index in [1.807, 2.05) is 24.3 Å². The minimum atomic E-state index is -2.93. The van der Waals surface area contributed by atoms with Crippen molar-refractivity contribution < 1.29 is 7.56 Å². The number of hydrogen-bond acceptors (Lipinski definition) is 3. The average molecular weight is 500 g/mol. The molecule has 0 saturated heterocycles. The van der Waals surface area contributed by atoms with Crippen molar-refractivity contribution in [2.24, 2.45) is 0 Å².